The summed E-state index contributed by atoms with van der Waals surface area (Å²) in [4.78, 5) is 0. The summed E-state index contributed by atoms with van der Waals surface area (Å²) in [5.74, 6) is 1.75. The van der Waals surface area contributed by atoms with E-state index < -0.39 is 0 Å². The standard InChI is InChI=1S/C18H27NO2/c1-2-19-18-15-10-6-7-11-16(15)21-13-17(18)20-12-14-8-4-3-5-9-14/h6-7,10-11,14,17-19H,2-5,8-9,12-13H2,1H3. The van der Waals surface area contributed by atoms with Crippen molar-refractivity contribution in [3.63, 3.8) is 0 Å². The van der Waals surface area contributed by atoms with Crippen molar-refractivity contribution in [3.05, 3.63) is 29.8 Å². The van der Waals surface area contributed by atoms with E-state index >= 15 is 0 Å². The molecule has 3 heteroatoms. The molecule has 1 heterocycles. The first-order valence-corrected chi connectivity index (χ1v) is 8.45. The third-order valence-corrected chi connectivity index (χ3v) is 4.72. The number of fused-ring (bicyclic) bond motifs is 1. The van der Waals surface area contributed by atoms with Crippen LogP contribution in [0.2, 0.25) is 0 Å². The van der Waals surface area contributed by atoms with Crippen LogP contribution in [-0.2, 0) is 4.74 Å². The normalized spacial score (nSPS) is 26.1. The number of benzene rings is 1. The van der Waals surface area contributed by atoms with Crippen molar-refractivity contribution in [1.82, 2.24) is 5.32 Å². The molecule has 1 aromatic rings. The molecule has 0 spiro atoms. The van der Waals surface area contributed by atoms with E-state index in [4.69, 9.17) is 9.47 Å². The lowest BCUT2D eigenvalue weighted by Gasteiger charge is -2.35. The lowest BCUT2D eigenvalue weighted by Crippen LogP contribution is -2.41. The highest BCUT2D eigenvalue weighted by atomic mass is 16.5. The van der Waals surface area contributed by atoms with E-state index in [0.717, 1.165) is 24.8 Å². The summed E-state index contributed by atoms with van der Waals surface area (Å²) in [6.07, 6.45) is 6.92. The fourth-order valence-electron chi connectivity index (χ4n) is 3.56. The Hall–Kier alpha value is -1.06. The molecule has 0 bridgehead atoms. The highest BCUT2D eigenvalue weighted by Crippen LogP contribution is 2.34. The van der Waals surface area contributed by atoms with Crippen LogP contribution >= 0.6 is 0 Å². The van der Waals surface area contributed by atoms with Gasteiger partial charge in [0, 0.05) is 5.56 Å². The van der Waals surface area contributed by atoms with Gasteiger partial charge in [0.1, 0.15) is 18.5 Å². The van der Waals surface area contributed by atoms with Crippen molar-refractivity contribution in [3.8, 4) is 5.75 Å². The fourth-order valence-corrected chi connectivity index (χ4v) is 3.56. The summed E-state index contributed by atoms with van der Waals surface area (Å²) in [6.45, 7) is 4.64. The topological polar surface area (TPSA) is 30.5 Å². The van der Waals surface area contributed by atoms with Crippen LogP contribution in [0.15, 0.2) is 24.3 Å². The van der Waals surface area contributed by atoms with Gasteiger partial charge in [0.15, 0.2) is 0 Å². The molecule has 21 heavy (non-hydrogen) atoms. The molecule has 1 fully saturated rings. The first-order valence-electron chi connectivity index (χ1n) is 8.45. The first kappa shape index (κ1) is 14.9. The van der Waals surface area contributed by atoms with Gasteiger partial charge < -0.3 is 14.8 Å². The highest BCUT2D eigenvalue weighted by Gasteiger charge is 2.31. The maximum absolute atomic E-state index is 6.26. The van der Waals surface area contributed by atoms with Crippen molar-refractivity contribution in [2.45, 2.75) is 51.2 Å². The molecule has 116 valence electrons. The van der Waals surface area contributed by atoms with Gasteiger partial charge in [-0.05, 0) is 31.4 Å². The number of nitrogens with one attached hydrogen (secondary N) is 1. The van der Waals surface area contributed by atoms with Crippen LogP contribution in [0.3, 0.4) is 0 Å². The molecule has 0 saturated heterocycles. The van der Waals surface area contributed by atoms with Gasteiger partial charge in [0.25, 0.3) is 0 Å². The quantitative estimate of drug-likeness (QED) is 0.896. The van der Waals surface area contributed by atoms with Gasteiger partial charge in [-0.25, -0.2) is 0 Å². The van der Waals surface area contributed by atoms with E-state index in [1.165, 1.54) is 37.7 Å². The van der Waals surface area contributed by atoms with Gasteiger partial charge in [-0.3, -0.25) is 0 Å². The van der Waals surface area contributed by atoms with Crippen LogP contribution in [0.4, 0.5) is 0 Å². The molecule has 1 aliphatic carbocycles. The van der Waals surface area contributed by atoms with Gasteiger partial charge >= 0.3 is 0 Å². The number of hydrogen-bond donors (Lipinski definition) is 1. The molecular formula is C18H27NO2. The van der Waals surface area contributed by atoms with Crippen molar-refractivity contribution in [1.29, 1.82) is 0 Å². The highest BCUT2D eigenvalue weighted by molar-refractivity contribution is 5.38. The third kappa shape index (κ3) is 3.58. The van der Waals surface area contributed by atoms with E-state index in [-0.39, 0.29) is 12.1 Å². The minimum absolute atomic E-state index is 0.127. The molecule has 0 amide bonds. The number of ether oxygens (including phenoxy) is 2. The molecule has 1 N–H and O–H groups in total. The van der Waals surface area contributed by atoms with Crippen LogP contribution < -0.4 is 10.1 Å². The maximum Gasteiger partial charge on any atom is 0.124 e. The molecule has 2 atom stereocenters. The average Bonchev–Trinajstić information content (AvgIpc) is 2.55. The Balaban J connectivity index is 1.64. The van der Waals surface area contributed by atoms with Gasteiger partial charge in [-0.15, -0.1) is 0 Å². The van der Waals surface area contributed by atoms with Gasteiger partial charge in [-0.1, -0.05) is 44.4 Å². The minimum atomic E-state index is 0.127. The number of rotatable bonds is 5. The minimum Gasteiger partial charge on any atom is -0.490 e. The molecule has 3 nitrogen and oxygen atoms in total. The monoisotopic (exact) mass is 289 g/mol. The van der Waals surface area contributed by atoms with Crippen molar-refractivity contribution < 1.29 is 9.47 Å². The number of likely N-dealkylation sites (N-methyl/N-ethyl adjacent to an activating group) is 1. The summed E-state index contributed by atoms with van der Waals surface area (Å²) in [7, 11) is 0. The predicted octanol–water partition coefficient (Wildman–Crippen LogP) is 3.70. The second kappa shape index (κ2) is 7.28. The lowest BCUT2D eigenvalue weighted by molar-refractivity contribution is -0.0343. The molecule has 1 saturated carbocycles. The summed E-state index contributed by atoms with van der Waals surface area (Å²) < 4.78 is 12.1. The Morgan fingerprint density at radius 3 is 2.81 bits per heavy atom. The van der Waals surface area contributed by atoms with Crippen LogP contribution in [0.5, 0.6) is 5.75 Å². The zero-order valence-electron chi connectivity index (χ0n) is 13.0. The summed E-state index contributed by atoms with van der Waals surface area (Å²) in [5.41, 5.74) is 1.24. The number of hydrogen-bond acceptors (Lipinski definition) is 3. The molecule has 0 radical (unpaired) electrons. The summed E-state index contributed by atoms with van der Waals surface area (Å²) in [5, 5.41) is 3.57. The van der Waals surface area contributed by atoms with Crippen LogP contribution in [0.25, 0.3) is 0 Å². The average molecular weight is 289 g/mol. The van der Waals surface area contributed by atoms with Gasteiger partial charge in [0.05, 0.1) is 12.6 Å². The maximum atomic E-state index is 6.26. The molecule has 2 aliphatic rings. The molecule has 3 rings (SSSR count). The van der Waals surface area contributed by atoms with Crippen molar-refractivity contribution in [2.75, 3.05) is 19.8 Å². The van der Waals surface area contributed by atoms with E-state index in [1.54, 1.807) is 0 Å². The van der Waals surface area contributed by atoms with Crippen LogP contribution in [0.1, 0.15) is 50.6 Å². The Kier molecular flexibility index (Phi) is 5.15. The molecule has 2 unspecified atom stereocenters. The van der Waals surface area contributed by atoms with Crippen molar-refractivity contribution >= 4 is 0 Å². The predicted molar refractivity (Wildman–Crippen MR) is 84.7 cm³/mol. The molecule has 1 aromatic carbocycles. The number of para-hydroxylation sites is 1. The second-order valence-electron chi connectivity index (χ2n) is 6.26. The van der Waals surface area contributed by atoms with E-state index in [9.17, 15) is 0 Å². The molecule has 0 aromatic heterocycles. The summed E-state index contributed by atoms with van der Waals surface area (Å²) in [6, 6.07) is 8.57. The second-order valence-corrected chi connectivity index (χ2v) is 6.26. The Bertz CT molecular complexity index is 443. The van der Waals surface area contributed by atoms with E-state index in [2.05, 4.69) is 30.4 Å². The molecule has 1 aliphatic heterocycles. The van der Waals surface area contributed by atoms with Gasteiger partial charge in [0.2, 0.25) is 0 Å². The SMILES string of the molecule is CCNC1c2ccccc2OCC1OCC1CCCCC1. The third-order valence-electron chi connectivity index (χ3n) is 4.72. The first-order chi connectivity index (χ1) is 10.4. The van der Waals surface area contributed by atoms with Crippen molar-refractivity contribution in [2.24, 2.45) is 5.92 Å². The Morgan fingerprint density at radius 2 is 2.00 bits per heavy atom. The van der Waals surface area contributed by atoms with E-state index in [1.807, 2.05) is 6.07 Å². The van der Waals surface area contributed by atoms with E-state index in [0.29, 0.717) is 6.61 Å². The van der Waals surface area contributed by atoms with Crippen LogP contribution in [0, 0.1) is 5.92 Å². The largest absolute Gasteiger partial charge is 0.490 e. The molecular weight excluding hydrogens is 262 g/mol. The Morgan fingerprint density at radius 1 is 1.19 bits per heavy atom. The smallest absolute Gasteiger partial charge is 0.124 e. The zero-order chi connectivity index (χ0) is 14.5. The van der Waals surface area contributed by atoms with Crippen LogP contribution in [-0.4, -0.2) is 25.9 Å². The summed E-state index contributed by atoms with van der Waals surface area (Å²) >= 11 is 0. The Labute approximate surface area is 128 Å². The lowest BCUT2D eigenvalue weighted by atomic mass is 9.90. The fraction of sp³-hybridized carbons (Fsp3) is 0.667. The van der Waals surface area contributed by atoms with Gasteiger partial charge in [-0.2, -0.15) is 0 Å². The zero-order valence-corrected chi connectivity index (χ0v) is 13.0.